The van der Waals surface area contributed by atoms with Crippen LogP contribution in [-0.4, -0.2) is 18.2 Å². The summed E-state index contributed by atoms with van der Waals surface area (Å²) in [5.41, 5.74) is 0. The maximum absolute atomic E-state index is 11.4. The highest BCUT2D eigenvalue weighted by Crippen LogP contribution is 2.42. The Bertz CT molecular complexity index is 372. The summed E-state index contributed by atoms with van der Waals surface area (Å²) < 4.78 is 21.2. The van der Waals surface area contributed by atoms with E-state index in [0.717, 1.165) is 0 Å². The maximum atomic E-state index is 11.4. The second-order valence-electron chi connectivity index (χ2n) is 2.88. The quantitative estimate of drug-likeness (QED) is 0.621. The fourth-order valence-electron chi connectivity index (χ4n) is 1.00. The minimum atomic E-state index is -3.60. The maximum Gasteiger partial charge on any atom is 0.380 e. The second-order valence-corrected chi connectivity index (χ2v) is 4.70. The summed E-state index contributed by atoms with van der Waals surface area (Å²) in [5.74, 6) is 1.00. The number of allylic oxidation sites excluding steroid dienone is 1. The Morgan fingerprint density at radius 2 is 1.93 bits per heavy atom. The molecule has 5 heteroatoms. The lowest BCUT2D eigenvalue weighted by Crippen LogP contribution is -1.94. The van der Waals surface area contributed by atoms with Gasteiger partial charge < -0.3 is 14.2 Å². The number of rotatable bonds is 5. The Balaban J connectivity index is 2.72. The third-order valence-corrected chi connectivity index (χ3v) is 2.88. The van der Waals surface area contributed by atoms with Gasteiger partial charge in [-0.15, -0.1) is 6.58 Å². The molecule has 1 aromatic rings. The molecular weight excluding hydrogens is 215 g/mol. The Morgan fingerprint density at radius 1 is 1.40 bits per heavy atom. The minimum absolute atomic E-state index is 0.0704. The van der Waals surface area contributed by atoms with Crippen LogP contribution in [0.5, 0.6) is 11.5 Å². The molecule has 1 unspecified atom stereocenters. The summed E-state index contributed by atoms with van der Waals surface area (Å²) in [6.07, 6.45) is 1.28. The zero-order chi connectivity index (χ0) is 11.3. The van der Waals surface area contributed by atoms with Crippen molar-refractivity contribution in [3.63, 3.8) is 0 Å². The number of hydrogen-bond donors (Lipinski definition) is 1. The summed E-state index contributed by atoms with van der Waals surface area (Å²) >= 11 is 0. The van der Waals surface area contributed by atoms with Crippen molar-refractivity contribution >= 4 is 7.60 Å². The average Bonchev–Trinajstić information content (AvgIpc) is 2.18. The number of methoxy groups -OCH3 is 1. The van der Waals surface area contributed by atoms with Gasteiger partial charge in [0, 0.05) is 0 Å². The van der Waals surface area contributed by atoms with E-state index in [9.17, 15) is 9.46 Å². The first-order valence-corrected chi connectivity index (χ1v) is 6.10. The predicted molar refractivity (Wildman–Crippen MR) is 58.5 cm³/mol. The van der Waals surface area contributed by atoms with Gasteiger partial charge in [0.15, 0.2) is 0 Å². The van der Waals surface area contributed by atoms with Crippen LogP contribution in [0.2, 0.25) is 0 Å². The molecule has 0 amide bonds. The normalized spacial score (nSPS) is 14.0. The van der Waals surface area contributed by atoms with Crippen molar-refractivity contribution in [3.8, 4) is 11.5 Å². The van der Waals surface area contributed by atoms with E-state index in [2.05, 4.69) is 6.58 Å². The summed E-state index contributed by atoms with van der Waals surface area (Å²) in [5, 5.41) is 0. The van der Waals surface area contributed by atoms with Crippen molar-refractivity contribution in [2.24, 2.45) is 0 Å². The summed E-state index contributed by atoms with van der Waals surface area (Å²) in [6.45, 7) is 3.38. The van der Waals surface area contributed by atoms with Crippen LogP contribution in [0.1, 0.15) is 0 Å². The molecule has 0 aromatic heterocycles. The number of hydrogen-bond acceptors (Lipinski definition) is 3. The molecule has 4 nitrogen and oxygen atoms in total. The molecule has 0 saturated carbocycles. The van der Waals surface area contributed by atoms with Gasteiger partial charge in [-0.25, -0.2) is 4.57 Å². The average molecular weight is 228 g/mol. The zero-order valence-electron chi connectivity index (χ0n) is 8.42. The molecule has 1 atom stereocenters. The first-order chi connectivity index (χ1) is 7.07. The van der Waals surface area contributed by atoms with E-state index in [1.165, 1.54) is 6.08 Å². The molecule has 1 rings (SSSR count). The lowest BCUT2D eigenvalue weighted by atomic mass is 10.3. The molecule has 0 aliphatic carbocycles. The van der Waals surface area contributed by atoms with Gasteiger partial charge in [-0.1, -0.05) is 6.08 Å². The molecule has 15 heavy (non-hydrogen) atoms. The molecule has 0 heterocycles. The lowest BCUT2D eigenvalue weighted by Gasteiger charge is -2.11. The second kappa shape index (κ2) is 5.01. The van der Waals surface area contributed by atoms with Gasteiger partial charge in [-0.05, 0) is 24.3 Å². The highest BCUT2D eigenvalue weighted by Gasteiger charge is 2.18. The largest absolute Gasteiger partial charge is 0.497 e. The zero-order valence-corrected chi connectivity index (χ0v) is 9.31. The van der Waals surface area contributed by atoms with Gasteiger partial charge in [0.2, 0.25) is 0 Å². The van der Waals surface area contributed by atoms with E-state index >= 15 is 0 Å². The van der Waals surface area contributed by atoms with E-state index in [-0.39, 0.29) is 6.16 Å². The van der Waals surface area contributed by atoms with Crippen molar-refractivity contribution in [2.75, 3.05) is 13.3 Å². The van der Waals surface area contributed by atoms with Crippen LogP contribution < -0.4 is 9.26 Å². The topological polar surface area (TPSA) is 55.8 Å². The molecule has 0 bridgehead atoms. The minimum Gasteiger partial charge on any atom is -0.497 e. The van der Waals surface area contributed by atoms with Crippen LogP contribution in [0.25, 0.3) is 0 Å². The molecular formula is C10H13O4P. The Morgan fingerprint density at radius 3 is 2.40 bits per heavy atom. The SMILES string of the molecule is C=CCP(=O)(O)Oc1ccc(OC)cc1. The fraction of sp³-hybridized carbons (Fsp3) is 0.200. The van der Waals surface area contributed by atoms with Crippen molar-refractivity contribution in [1.82, 2.24) is 0 Å². The van der Waals surface area contributed by atoms with Gasteiger partial charge in [-0.2, -0.15) is 0 Å². The van der Waals surface area contributed by atoms with E-state index in [4.69, 9.17) is 9.26 Å². The van der Waals surface area contributed by atoms with Crippen LogP contribution in [0.4, 0.5) is 0 Å². The predicted octanol–water partition coefficient (Wildman–Crippen LogP) is 2.45. The third kappa shape index (κ3) is 3.78. The van der Waals surface area contributed by atoms with E-state index in [1.807, 2.05) is 0 Å². The van der Waals surface area contributed by atoms with Crippen LogP contribution >= 0.6 is 7.60 Å². The van der Waals surface area contributed by atoms with Gasteiger partial charge in [0.25, 0.3) is 0 Å². The summed E-state index contributed by atoms with van der Waals surface area (Å²) in [7, 11) is -2.05. The molecule has 1 aromatic carbocycles. The monoisotopic (exact) mass is 228 g/mol. The van der Waals surface area contributed by atoms with Crippen LogP contribution in [0.15, 0.2) is 36.9 Å². The Hall–Kier alpha value is -1.25. The highest BCUT2D eigenvalue weighted by molar-refractivity contribution is 7.53. The molecule has 0 radical (unpaired) electrons. The Kier molecular flexibility index (Phi) is 3.95. The standard InChI is InChI=1S/C10H13O4P/c1-3-8-15(11,12)14-10-6-4-9(13-2)5-7-10/h3-7H,1,8H2,2H3,(H,11,12). The molecule has 0 fully saturated rings. The van der Waals surface area contributed by atoms with E-state index in [1.54, 1.807) is 31.4 Å². The first kappa shape index (κ1) is 11.8. The van der Waals surface area contributed by atoms with Crippen LogP contribution in [0.3, 0.4) is 0 Å². The van der Waals surface area contributed by atoms with Gasteiger partial charge in [-0.3, -0.25) is 0 Å². The van der Waals surface area contributed by atoms with Crippen molar-refractivity contribution in [2.45, 2.75) is 0 Å². The molecule has 0 spiro atoms. The van der Waals surface area contributed by atoms with E-state index < -0.39 is 7.60 Å². The summed E-state index contributed by atoms with van der Waals surface area (Å²) in [4.78, 5) is 9.33. The third-order valence-electron chi connectivity index (χ3n) is 1.67. The molecule has 0 aliphatic heterocycles. The molecule has 1 N–H and O–H groups in total. The van der Waals surface area contributed by atoms with Gasteiger partial charge in [0.1, 0.15) is 11.5 Å². The molecule has 0 saturated heterocycles. The molecule has 0 aliphatic rings. The van der Waals surface area contributed by atoms with Gasteiger partial charge >= 0.3 is 7.60 Å². The van der Waals surface area contributed by atoms with Crippen molar-refractivity contribution < 1.29 is 18.7 Å². The molecule has 82 valence electrons. The fourth-order valence-corrected chi connectivity index (χ4v) is 1.85. The van der Waals surface area contributed by atoms with Crippen LogP contribution in [0, 0.1) is 0 Å². The lowest BCUT2D eigenvalue weighted by molar-refractivity contribution is 0.382. The Labute approximate surface area is 88.7 Å². The first-order valence-electron chi connectivity index (χ1n) is 4.34. The number of benzene rings is 1. The van der Waals surface area contributed by atoms with Crippen molar-refractivity contribution in [3.05, 3.63) is 36.9 Å². The van der Waals surface area contributed by atoms with Crippen LogP contribution in [-0.2, 0) is 4.57 Å². The van der Waals surface area contributed by atoms with Crippen molar-refractivity contribution in [1.29, 1.82) is 0 Å². The van der Waals surface area contributed by atoms with E-state index in [0.29, 0.717) is 11.5 Å². The number of ether oxygens (including phenoxy) is 1. The van der Waals surface area contributed by atoms with Gasteiger partial charge in [0.05, 0.1) is 13.3 Å². The smallest absolute Gasteiger partial charge is 0.380 e. The highest BCUT2D eigenvalue weighted by atomic mass is 31.2. The summed E-state index contributed by atoms with van der Waals surface area (Å²) in [6, 6.07) is 6.46.